The Morgan fingerprint density at radius 1 is 1.25 bits per heavy atom. The average molecular weight is 434 g/mol. The van der Waals surface area contributed by atoms with Gasteiger partial charge in [-0.15, -0.1) is 0 Å². The Labute approximate surface area is 168 Å². The Balaban J connectivity index is 1.93. The largest absolute Gasteiger partial charge is 0.454 e. The molecule has 4 atom stereocenters. The predicted molar refractivity (Wildman–Crippen MR) is 109 cm³/mol. The first-order chi connectivity index (χ1) is 13.1. The molecule has 156 valence electrons. The van der Waals surface area contributed by atoms with Crippen LogP contribution in [0.2, 0.25) is 0 Å². The van der Waals surface area contributed by atoms with Gasteiger partial charge in [-0.3, -0.25) is 14.4 Å². The van der Waals surface area contributed by atoms with Crippen LogP contribution in [0.1, 0.15) is 31.7 Å². The zero-order chi connectivity index (χ0) is 20.6. The lowest BCUT2D eigenvalue weighted by molar-refractivity contribution is -0.230. The maximum Gasteiger partial charge on any atom is 0.408 e. The number of carbonyl (C=O) groups excluding carboxylic acids is 1. The van der Waals surface area contributed by atoms with Gasteiger partial charge in [-0.2, -0.15) is 13.2 Å². The molecule has 2 aliphatic heterocycles. The van der Waals surface area contributed by atoms with Crippen LogP contribution in [0.15, 0.2) is 30.3 Å². The van der Waals surface area contributed by atoms with Gasteiger partial charge in [0.2, 0.25) is 0 Å². The van der Waals surface area contributed by atoms with E-state index in [1.54, 1.807) is 6.07 Å². The van der Waals surface area contributed by atoms with Crippen LogP contribution < -0.4 is 0 Å². The molecule has 0 spiro atoms. The van der Waals surface area contributed by atoms with Gasteiger partial charge in [0.25, 0.3) is 0 Å². The summed E-state index contributed by atoms with van der Waals surface area (Å²) in [7, 11) is 5.05. The average Bonchev–Trinajstić information content (AvgIpc) is 2.65. The minimum absolute atomic E-state index is 0.0505. The summed E-state index contributed by atoms with van der Waals surface area (Å²) in [5.74, 6) is -1.21. The second kappa shape index (κ2) is 8.18. The number of alkyl halides is 3. The topological polar surface area (TPSA) is 32.8 Å². The molecule has 0 radical (unpaired) electrons. The van der Waals surface area contributed by atoms with Crippen LogP contribution in [0.5, 0.6) is 0 Å². The van der Waals surface area contributed by atoms with Crippen molar-refractivity contribution in [1.29, 1.82) is 0 Å². The zero-order valence-electron chi connectivity index (χ0n) is 16.1. The van der Waals surface area contributed by atoms with E-state index in [0.717, 1.165) is 32.7 Å². The van der Waals surface area contributed by atoms with Gasteiger partial charge in [-0.1, -0.05) is 45.7 Å². The summed E-state index contributed by atoms with van der Waals surface area (Å²) in [4.78, 5) is 15.1. The first-order valence-corrected chi connectivity index (χ1v) is 12.2. The van der Waals surface area contributed by atoms with Gasteiger partial charge in [0.05, 0.1) is 6.04 Å². The summed E-state index contributed by atoms with van der Waals surface area (Å²) in [5, 5.41) is 0. The van der Waals surface area contributed by atoms with E-state index in [0.29, 0.717) is 21.5 Å². The number of hydrogen-bond acceptors (Lipinski definition) is 4. The fourth-order valence-electron chi connectivity index (χ4n) is 4.30. The molecule has 0 N–H and O–H groups in total. The summed E-state index contributed by atoms with van der Waals surface area (Å²) in [6, 6.07) is 7.28. The Bertz CT molecular complexity index is 698. The molecular formula is C19H27F3N2O2P2. The lowest BCUT2D eigenvalue weighted by atomic mass is 9.79. The van der Waals surface area contributed by atoms with Crippen LogP contribution in [-0.2, 0) is 14.9 Å². The van der Waals surface area contributed by atoms with E-state index in [1.807, 2.05) is 11.9 Å². The lowest BCUT2D eigenvalue weighted by Gasteiger charge is -2.56. The number of nitrogens with zero attached hydrogens (tertiary/aromatic N) is 2. The molecule has 0 saturated carbocycles. The Kier molecular flexibility index (Phi) is 6.41. The van der Waals surface area contributed by atoms with Crippen LogP contribution in [0.3, 0.4) is 0 Å². The smallest absolute Gasteiger partial charge is 0.408 e. The molecule has 2 heterocycles. The molecule has 0 bridgehead atoms. The van der Waals surface area contributed by atoms with E-state index >= 15 is 0 Å². The molecule has 28 heavy (non-hydrogen) atoms. The van der Waals surface area contributed by atoms with Gasteiger partial charge in [-0.25, -0.2) is 0 Å². The molecule has 0 aliphatic carbocycles. The molecular weight excluding hydrogens is 407 g/mol. The van der Waals surface area contributed by atoms with Crippen molar-refractivity contribution in [2.24, 2.45) is 0 Å². The molecule has 2 unspecified atom stereocenters. The second-order valence-electron chi connectivity index (χ2n) is 7.95. The number of likely N-dealkylation sites (tertiary alicyclic amines) is 1. The molecule has 0 aromatic heterocycles. The standard InChI is InChI=1S/C19H27F3N2O2P2/c1-17(19(20,21)22,14-8-4-3-5-9-14)16(25)26-18(12-23(2)13-18)15-10-6-7-11-24(15)28-27/h3-5,8-9,15,28H,6-7,10-13,27H2,1-2H3/t15-,17+/m0/s1. The Hall–Kier alpha value is -0.740. The molecule has 2 aliphatic rings. The first kappa shape index (κ1) is 22.0. The van der Waals surface area contributed by atoms with Crippen molar-refractivity contribution in [3.63, 3.8) is 0 Å². The number of esters is 1. The van der Waals surface area contributed by atoms with E-state index < -0.39 is 23.2 Å². The third-order valence-electron chi connectivity index (χ3n) is 5.97. The van der Waals surface area contributed by atoms with Gasteiger partial charge in [0.15, 0.2) is 11.0 Å². The number of piperidine rings is 1. The van der Waals surface area contributed by atoms with Gasteiger partial charge >= 0.3 is 12.1 Å². The summed E-state index contributed by atoms with van der Waals surface area (Å²) in [5.41, 5.74) is -3.68. The number of benzene rings is 1. The predicted octanol–water partition coefficient (Wildman–Crippen LogP) is 3.97. The molecule has 3 rings (SSSR count). The fraction of sp³-hybridized carbons (Fsp3) is 0.632. The first-order valence-electron chi connectivity index (χ1n) is 9.41. The number of halogens is 3. The maximum atomic E-state index is 14.1. The highest BCUT2D eigenvalue weighted by Crippen LogP contribution is 2.46. The van der Waals surface area contributed by atoms with Crippen LogP contribution in [-0.4, -0.2) is 60.0 Å². The molecule has 2 saturated heterocycles. The second-order valence-corrected chi connectivity index (χ2v) is 9.56. The summed E-state index contributed by atoms with van der Waals surface area (Å²) in [6.45, 7) is 2.72. The van der Waals surface area contributed by atoms with Gasteiger partial charge in [0.1, 0.15) is 0 Å². The number of hydrogen-bond donors (Lipinski definition) is 0. The lowest BCUT2D eigenvalue weighted by Crippen LogP contribution is -2.72. The molecule has 0 amide bonds. The van der Waals surface area contributed by atoms with Crippen molar-refractivity contribution in [3.05, 3.63) is 35.9 Å². The van der Waals surface area contributed by atoms with E-state index in [-0.39, 0.29) is 11.6 Å². The van der Waals surface area contributed by atoms with Gasteiger partial charge < -0.3 is 4.74 Å². The van der Waals surface area contributed by atoms with Crippen molar-refractivity contribution in [2.75, 3.05) is 26.7 Å². The van der Waals surface area contributed by atoms with E-state index in [2.05, 4.69) is 13.6 Å². The fourth-order valence-corrected chi connectivity index (χ4v) is 6.06. The van der Waals surface area contributed by atoms with Crippen LogP contribution in [0.25, 0.3) is 0 Å². The summed E-state index contributed by atoms with van der Waals surface area (Å²) >= 11 is 0. The van der Waals surface area contributed by atoms with Crippen molar-refractivity contribution < 1.29 is 22.7 Å². The van der Waals surface area contributed by atoms with Gasteiger partial charge in [-0.05, 0) is 40.8 Å². The zero-order valence-corrected chi connectivity index (χ0v) is 18.3. The van der Waals surface area contributed by atoms with Crippen molar-refractivity contribution in [3.8, 4) is 0 Å². The van der Waals surface area contributed by atoms with Crippen LogP contribution in [0, 0.1) is 0 Å². The number of ether oxygens (including phenoxy) is 1. The highest BCUT2D eigenvalue weighted by molar-refractivity contribution is 8.01. The monoisotopic (exact) mass is 434 g/mol. The molecule has 2 fully saturated rings. The molecule has 1 aromatic rings. The quantitative estimate of drug-likeness (QED) is 0.519. The van der Waals surface area contributed by atoms with Gasteiger partial charge in [0, 0.05) is 19.6 Å². The highest BCUT2D eigenvalue weighted by Gasteiger charge is 2.62. The Morgan fingerprint density at radius 3 is 2.43 bits per heavy atom. The molecule has 9 heteroatoms. The van der Waals surface area contributed by atoms with Crippen LogP contribution in [0.4, 0.5) is 13.2 Å². The minimum Gasteiger partial charge on any atom is -0.454 e. The SMILES string of the molecule is CN1CC(OC(=O)[C@@](C)(c2ccccc2)C(F)(F)F)([C@@H]2CCCCN2PP)C1. The third-order valence-corrected chi connectivity index (χ3v) is 7.84. The minimum atomic E-state index is -4.75. The normalized spacial score (nSPS) is 26.0. The summed E-state index contributed by atoms with van der Waals surface area (Å²) < 4.78 is 50.3. The van der Waals surface area contributed by atoms with Crippen molar-refractivity contribution in [2.45, 2.75) is 49.4 Å². The third kappa shape index (κ3) is 3.84. The molecule has 1 aromatic carbocycles. The van der Waals surface area contributed by atoms with E-state index in [4.69, 9.17) is 4.74 Å². The number of rotatable bonds is 5. The number of likely N-dealkylation sites (N-methyl/N-ethyl adjacent to an activating group) is 1. The van der Waals surface area contributed by atoms with E-state index in [9.17, 15) is 18.0 Å². The van der Waals surface area contributed by atoms with Crippen LogP contribution >= 0.6 is 17.3 Å². The summed E-state index contributed by atoms with van der Waals surface area (Å²) in [6.07, 6.45) is -1.87. The van der Waals surface area contributed by atoms with Crippen molar-refractivity contribution >= 4 is 23.3 Å². The Morgan fingerprint density at radius 2 is 1.89 bits per heavy atom. The van der Waals surface area contributed by atoms with Crippen molar-refractivity contribution in [1.82, 2.24) is 9.57 Å². The molecule has 4 nitrogen and oxygen atoms in total. The highest BCUT2D eigenvalue weighted by atomic mass is 32.0. The maximum absolute atomic E-state index is 14.1. The number of carbonyl (C=O) groups is 1. The van der Waals surface area contributed by atoms with E-state index in [1.165, 1.54) is 24.3 Å².